The second kappa shape index (κ2) is 7.73. The number of carbonyl (C=O) groups excluding carboxylic acids is 1. The first-order valence-corrected chi connectivity index (χ1v) is 7.65. The Morgan fingerprint density at radius 1 is 0.958 bits per heavy atom. The zero-order chi connectivity index (χ0) is 17.7. The maximum absolute atomic E-state index is 12.5. The first-order chi connectivity index (χ1) is 11.5. The van der Waals surface area contributed by atoms with Crippen LogP contribution in [0.3, 0.4) is 0 Å². The molecule has 128 valence electrons. The topological polar surface area (TPSA) is 56.8 Å². The number of benzene rings is 2. The van der Waals surface area contributed by atoms with Crippen LogP contribution in [0.1, 0.15) is 27.0 Å². The van der Waals surface area contributed by atoms with Crippen molar-refractivity contribution < 1.29 is 19.0 Å². The van der Waals surface area contributed by atoms with E-state index in [1.54, 1.807) is 33.5 Å². The lowest BCUT2D eigenvalue weighted by atomic mass is 10.0. The van der Waals surface area contributed by atoms with Gasteiger partial charge in [0.2, 0.25) is 0 Å². The summed E-state index contributed by atoms with van der Waals surface area (Å²) < 4.78 is 16.0. The van der Waals surface area contributed by atoms with Gasteiger partial charge in [0.05, 0.1) is 21.3 Å². The average Bonchev–Trinajstić information content (AvgIpc) is 2.61. The number of aryl methyl sites for hydroxylation is 1. The van der Waals surface area contributed by atoms with E-state index in [2.05, 4.69) is 5.32 Å². The number of nitrogens with one attached hydrogen (secondary N) is 1. The van der Waals surface area contributed by atoms with Gasteiger partial charge >= 0.3 is 0 Å². The molecule has 1 amide bonds. The molecular weight excluding hydrogens is 306 g/mol. The highest BCUT2D eigenvalue weighted by Gasteiger charge is 2.14. The van der Waals surface area contributed by atoms with Crippen molar-refractivity contribution in [2.75, 3.05) is 21.3 Å². The van der Waals surface area contributed by atoms with E-state index in [4.69, 9.17) is 14.2 Å². The van der Waals surface area contributed by atoms with Crippen LogP contribution in [0.2, 0.25) is 0 Å². The van der Waals surface area contributed by atoms with Gasteiger partial charge in [-0.3, -0.25) is 4.79 Å². The molecule has 0 aromatic heterocycles. The number of ether oxygens (including phenoxy) is 3. The lowest BCUT2D eigenvalue weighted by Gasteiger charge is -2.15. The van der Waals surface area contributed by atoms with Crippen molar-refractivity contribution in [1.29, 1.82) is 0 Å². The third-order valence-corrected chi connectivity index (χ3v) is 4.08. The molecular formula is C19H23NO4. The number of carbonyl (C=O) groups is 1. The summed E-state index contributed by atoms with van der Waals surface area (Å²) in [5.41, 5.74) is 3.56. The van der Waals surface area contributed by atoms with E-state index >= 15 is 0 Å². The molecule has 0 atom stereocenters. The Hall–Kier alpha value is -2.69. The SMILES string of the molecule is COc1cc(OC)c(OC)cc1CNC(=O)c1cccc(C)c1C. The van der Waals surface area contributed by atoms with E-state index in [0.29, 0.717) is 29.4 Å². The fourth-order valence-corrected chi connectivity index (χ4v) is 2.50. The largest absolute Gasteiger partial charge is 0.496 e. The summed E-state index contributed by atoms with van der Waals surface area (Å²) >= 11 is 0. The van der Waals surface area contributed by atoms with Crippen LogP contribution < -0.4 is 19.5 Å². The Bertz CT molecular complexity index is 740. The minimum absolute atomic E-state index is 0.118. The van der Waals surface area contributed by atoms with E-state index < -0.39 is 0 Å². The van der Waals surface area contributed by atoms with Crippen LogP contribution in [0.4, 0.5) is 0 Å². The van der Waals surface area contributed by atoms with Crippen LogP contribution in [-0.4, -0.2) is 27.2 Å². The molecule has 24 heavy (non-hydrogen) atoms. The predicted octanol–water partition coefficient (Wildman–Crippen LogP) is 3.26. The highest BCUT2D eigenvalue weighted by molar-refractivity contribution is 5.95. The van der Waals surface area contributed by atoms with Crippen LogP contribution in [0.25, 0.3) is 0 Å². The number of rotatable bonds is 6. The van der Waals surface area contributed by atoms with Crippen molar-refractivity contribution in [2.24, 2.45) is 0 Å². The molecule has 0 saturated carbocycles. The third kappa shape index (κ3) is 3.62. The van der Waals surface area contributed by atoms with Gasteiger partial charge in [0.25, 0.3) is 5.91 Å². The fourth-order valence-electron chi connectivity index (χ4n) is 2.50. The molecule has 0 unspecified atom stereocenters. The smallest absolute Gasteiger partial charge is 0.251 e. The molecule has 0 aliphatic heterocycles. The Balaban J connectivity index is 2.22. The Morgan fingerprint density at radius 2 is 1.58 bits per heavy atom. The molecule has 2 rings (SSSR count). The molecule has 1 N–H and O–H groups in total. The van der Waals surface area contributed by atoms with Gasteiger partial charge < -0.3 is 19.5 Å². The van der Waals surface area contributed by atoms with Gasteiger partial charge in [-0.25, -0.2) is 0 Å². The Kier molecular flexibility index (Phi) is 5.68. The van der Waals surface area contributed by atoms with E-state index in [0.717, 1.165) is 16.7 Å². The van der Waals surface area contributed by atoms with Crippen molar-refractivity contribution in [3.8, 4) is 17.2 Å². The number of methoxy groups -OCH3 is 3. The van der Waals surface area contributed by atoms with E-state index in [1.165, 1.54) is 0 Å². The normalized spacial score (nSPS) is 10.2. The Labute approximate surface area is 142 Å². The first-order valence-electron chi connectivity index (χ1n) is 7.65. The summed E-state index contributed by atoms with van der Waals surface area (Å²) in [6.45, 7) is 4.26. The lowest BCUT2D eigenvalue weighted by molar-refractivity contribution is 0.0950. The van der Waals surface area contributed by atoms with Crippen molar-refractivity contribution in [1.82, 2.24) is 5.32 Å². The second-order valence-corrected chi connectivity index (χ2v) is 5.45. The highest BCUT2D eigenvalue weighted by Crippen LogP contribution is 2.34. The van der Waals surface area contributed by atoms with Gasteiger partial charge in [-0.1, -0.05) is 12.1 Å². The van der Waals surface area contributed by atoms with Gasteiger partial charge in [0.15, 0.2) is 11.5 Å². The lowest BCUT2D eigenvalue weighted by Crippen LogP contribution is -2.24. The maximum atomic E-state index is 12.5. The van der Waals surface area contributed by atoms with Crippen LogP contribution >= 0.6 is 0 Å². The monoisotopic (exact) mass is 329 g/mol. The van der Waals surface area contributed by atoms with Crippen molar-refractivity contribution in [3.63, 3.8) is 0 Å². The predicted molar refractivity (Wildman–Crippen MR) is 93.2 cm³/mol. The number of hydrogen-bond acceptors (Lipinski definition) is 4. The summed E-state index contributed by atoms with van der Waals surface area (Å²) in [6.07, 6.45) is 0. The van der Waals surface area contributed by atoms with Gasteiger partial charge in [0.1, 0.15) is 5.75 Å². The van der Waals surface area contributed by atoms with Crippen LogP contribution in [0.5, 0.6) is 17.2 Å². The molecule has 5 heteroatoms. The molecule has 0 spiro atoms. The quantitative estimate of drug-likeness (QED) is 0.884. The molecule has 5 nitrogen and oxygen atoms in total. The maximum Gasteiger partial charge on any atom is 0.251 e. The fraction of sp³-hybridized carbons (Fsp3) is 0.316. The summed E-state index contributed by atoms with van der Waals surface area (Å²) in [5, 5.41) is 2.93. The zero-order valence-corrected chi connectivity index (χ0v) is 14.7. The van der Waals surface area contributed by atoms with Crippen molar-refractivity contribution >= 4 is 5.91 Å². The van der Waals surface area contributed by atoms with E-state index in [-0.39, 0.29) is 5.91 Å². The molecule has 0 aliphatic rings. The summed E-state index contributed by atoms with van der Waals surface area (Å²) in [4.78, 5) is 12.5. The molecule has 0 saturated heterocycles. The van der Waals surface area contributed by atoms with Crippen LogP contribution in [0.15, 0.2) is 30.3 Å². The van der Waals surface area contributed by atoms with Gasteiger partial charge in [-0.15, -0.1) is 0 Å². The summed E-state index contributed by atoms with van der Waals surface area (Å²) in [7, 11) is 4.72. The minimum atomic E-state index is -0.118. The number of hydrogen-bond donors (Lipinski definition) is 1. The average molecular weight is 329 g/mol. The minimum Gasteiger partial charge on any atom is -0.496 e. The molecule has 0 fully saturated rings. The number of amides is 1. The van der Waals surface area contributed by atoms with E-state index in [1.807, 2.05) is 32.0 Å². The summed E-state index contributed by atoms with van der Waals surface area (Å²) in [5.74, 6) is 1.69. The zero-order valence-electron chi connectivity index (χ0n) is 14.7. The van der Waals surface area contributed by atoms with Crippen molar-refractivity contribution in [2.45, 2.75) is 20.4 Å². The van der Waals surface area contributed by atoms with Crippen LogP contribution in [-0.2, 0) is 6.54 Å². The Morgan fingerprint density at radius 3 is 2.21 bits per heavy atom. The van der Waals surface area contributed by atoms with Gasteiger partial charge in [-0.05, 0) is 37.1 Å². The van der Waals surface area contributed by atoms with Gasteiger partial charge in [-0.2, -0.15) is 0 Å². The highest BCUT2D eigenvalue weighted by atomic mass is 16.5. The second-order valence-electron chi connectivity index (χ2n) is 5.45. The molecule has 0 bridgehead atoms. The molecule has 2 aromatic rings. The standard InChI is InChI=1S/C19H23NO4/c1-12-7-6-8-15(13(12)2)19(21)20-11-14-9-17(23-4)18(24-5)10-16(14)22-3/h6-10H,11H2,1-5H3,(H,20,21). The van der Waals surface area contributed by atoms with E-state index in [9.17, 15) is 4.79 Å². The first kappa shape index (κ1) is 17.7. The van der Waals surface area contributed by atoms with Gasteiger partial charge in [0, 0.05) is 23.7 Å². The summed E-state index contributed by atoms with van der Waals surface area (Å²) in [6, 6.07) is 9.25. The van der Waals surface area contributed by atoms with Crippen molar-refractivity contribution in [3.05, 3.63) is 52.6 Å². The third-order valence-electron chi connectivity index (χ3n) is 4.08. The molecule has 0 aliphatic carbocycles. The molecule has 0 heterocycles. The molecule has 0 radical (unpaired) electrons. The molecule has 2 aromatic carbocycles. The van der Waals surface area contributed by atoms with Crippen LogP contribution in [0, 0.1) is 13.8 Å².